The molecule has 0 aliphatic heterocycles. The third-order valence-electron chi connectivity index (χ3n) is 3.99. The van der Waals surface area contributed by atoms with Crippen LogP contribution in [0.15, 0.2) is 24.3 Å². The lowest BCUT2D eigenvalue weighted by atomic mass is 9.69. The zero-order valence-electron chi connectivity index (χ0n) is 9.91. The Bertz CT molecular complexity index is 456. The smallest absolute Gasteiger partial charge is 0.105 e. The van der Waals surface area contributed by atoms with Crippen LogP contribution < -0.4 is 0 Å². The quantitative estimate of drug-likeness (QED) is 0.870. The van der Waals surface area contributed by atoms with E-state index < -0.39 is 11.0 Å². The van der Waals surface area contributed by atoms with E-state index in [2.05, 4.69) is 6.07 Å². The lowest BCUT2D eigenvalue weighted by Gasteiger charge is -2.37. The first-order valence-electron chi connectivity index (χ1n) is 5.91. The molecule has 1 fully saturated rings. The van der Waals surface area contributed by atoms with Crippen LogP contribution >= 0.6 is 11.6 Å². The highest BCUT2D eigenvalue weighted by atomic mass is 35.5. The number of nitrogens with zero attached hydrogens (tertiary/aromatic N) is 1. The summed E-state index contributed by atoms with van der Waals surface area (Å²) in [5, 5.41) is 20.8. The van der Waals surface area contributed by atoms with Gasteiger partial charge in [0.25, 0.3) is 0 Å². The van der Waals surface area contributed by atoms with Crippen LogP contribution in [0.2, 0.25) is 5.02 Å². The molecule has 0 spiro atoms. The molecule has 0 saturated heterocycles. The molecule has 1 atom stereocenters. The van der Waals surface area contributed by atoms with Gasteiger partial charge in [-0.2, -0.15) is 5.26 Å². The second kappa shape index (κ2) is 4.33. The van der Waals surface area contributed by atoms with E-state index in [0.717, 1.165) is 31.2 Å². The molecule has 1 saturated carbocycles. The minimum absolute atomic E-state index is 0.592. The zero-order chi connectivity index (χ0) is 12.5. The van der Waals surface area contributed by atoms with Gasteiger partial charge in [-0.05, 0) is 37.5 Å². The number of hydrogen-bond donors (Lipinski definition) is 1. The van der Waals surface area contributed by atoms with Gasteiger partial charge in [0, 0.05) is 5.02 Å². The van der Waals surface area contributed by atoms with Gasteiger partial charge in [0.1, 0.15) is 5.60 Å². The van der Waals surface area contributed by atoms with Crippen LogP contribution in [0.25, 0.3) is 0 Å². The first kappa shape index (κ1) is 12.4. The topological polar surface area (TPSA) is 44.0 Å². The van der Waals surface area contributed by atoms with Crippen LogP contribution in [0.4, 0.5) is 0 Å². The molecule has 90 valence electrons. The summed E-state index contributed by atoms with van der Waals surface area (Å²) in [6.45, 7) is 1.73. The van der Waals surface area contributed by atoms with Crippen LogP contribution in [0.5, 0.6) is 0 Å². The van der Waals surface area contributed by atoms with E-state index in [4.69, 9.17) is 11.6 Å². The lowest BCUT2D eigenvalue weighted by Crippen LogP contribution is -2.40. The van der Waals surface area contributed by atoms with Crippen LogP contribution in [-0.2, 0) is 5.60 Å². The predicted octanol–water partition coefficient (Wildman–Crippen LogP) is 3.63. The van der Waals surface area contributed by atoms with Crippen LogP contribution in [0.1, 0.15) is 38.2 Å². The van der Waals surface area contributed by atoms with Crippen molar-refractivity contribution in [1.82, 2.24) is 0 Å². The van der Waals surface area contributed by atoms with E-state index in [1.165, 1.54) is 0 Å². The van der Waals surface area contributed by atoms with Gasteiger partial charge in [0.2, 0.25) is 0 Å². The van der Waals surface area contributed by atoms with Crippen molar-refractivity contribution in [2.75, 3.05) is 0 Å². The minimum atomic E-state index is -1.14. The minimum Gasteiger partial charge on any atom is -0.384 e. The molecule has 2 rings (SSSR count). The molecular formula is C14H16ClNO. The largest absolute Gasteiger partial charge is 0.384 e. The van der Waals surface area contributed by atoms with Crippen LogP contribution in [0.3, 0.4) is 0 Å². The van der Waals surface area contributed by atoms with Crippen LogP contribution in [-0.4, -0.2) is 5.11 Å². The van der Waals surface area contributed by atoms with E-state index in [9.17, 15) is 10.4 Å². The Morgan fingerprint density at radius 3 is 2.59 bits per heavy atom. The predicted molar refractivity (Wildman–Crippen MR) is 67.5 cm³/mol. The summed E-state index contributed by atoms with van der Waals surface area (Å²) in [5.74, 6) is 0. The second-order valence-electron chi connectivity index (χ2n) is 4.98. The fourth-order valence-electron chi connectivity index (χ4n) is 2.75. The first-order chi connectivity index (χ1) is 8.02. The molecule has 0 heterocycles. The summed E-state index contributed by atoms with van der Waals surface area (Å²) >= 11 is 5.95. The molecule has 0 radical (unpaired) electrons. The number of benzene rings is 1. The van der Waals surface area contributed by atoms with Gasteiger partial charge in [0.05, 0.1) is 11.5 Å². The van der Waals surface area contributed by atoms with Gasteiger partial charge in [-0.3, -0.25) is 0 Å². The van der Waals surface area contributed by atoms with E-state index in [-0.39, 0.29) is 0 Å². The molecule has 1 aliphatic rings. The maximum atomic E-state index is 10.8. The molecule has 0 aromatic heterocycles. The highest BCUT2D eigenvalue weighted by Crippen LogP contribution is 2.50. The van der Waals surface area contributed by atoms with Gasteiger partial charge in [-0.1, -0.05) is 36.6 Å². The summed E-state index contributed by atoms with van der Waals surface area (Å²) in [6.07, 6.45) is 3.51. The Hall–Kier alpha value is -1.04. The zero-order valence-corrected chi connectivity index (χ0v) is 10.7. The Kier molecular flexibility index (Phi) is 3.16. The Morgan fingerprint density at radius 1 is 1.41 bits per heavy atom. The normalized spacial score (nSPS) is 21.8. The van der Waals surface area contributed by atoms with E-state index >= 15 is 0 Å². The van der Waals surface area contributed by atoms with Gasteiger partial charge < -0.3 is 5.11 Å². The van der Waals surface area contributed by atoms with Crippen molar-refractivity contribution in [2.45, 2.75) is 38.2 Å². The summed E-state index contributed by atoms with van der Waals surface area (Å²) in [6, 6.07) is 9.51. The molecule has 1 unspecified atom stereocenters. The second-order valence-corrected chi connectivity index (χ2v) is 5.42. The molecule has 1 aromatic carbocycles. The number of hydrogen-bond acceptors (Lipinski definition) is 2. The molecular weight excluding hydrogens is 234 g/mol. The average Bonchev–Trinajstić information content (AvgIpc) is 2.79. The standard InChI is InChI=1S/C14H16ClNO/c1-13(17,11-5-4-6-12(15)9-11)14(10-16)7-2-3-8-14/h4-6,9,17H,2-3,7-8H2,1H3. The molecule has 1 N–H and O–H groups in total. The summed E-state index contributed by atoms with van der Waals surface area (Å²) in [7, 11) is 0. The maximum absolute atomic E-state index is 10.8. The molecule has 0 amide bonds. The average molecular weight is 250 g/mol. The summed E-state index contributed by atoms with van der Waals surface area (Å²) < 4.78 is 0. The van der Waals surface area contributed by atoms with Crippen molar-refractivity contribution in [1.29, 1.82) is 5.26 Å². The van der Waals surface area contributed by atoms with Crippen molar-refractivity contribution in [3.63, 3.8) is 0 Å². The van der Waals surface area contributed by atoms with Gasteiger partial charge in [-0.25, -0.2) is 0 Å². The third kappa shape index (κ3) is 1.94. The van der Waals surface area contributed by atoms with Gasteiger partial charge in [-0.15, -0.1) is 0 Å². The third-order valence-corrected chi connectivity index (χ3v) is 4.22. The van der Waals surface area contributed by atoms with Crippen molar-refractivity contribution in [2.24, 2.45) is 5.41 Å². The van der Waals surface area contributed by atoms with E-state index in [1.54, 1.807) is 19.1 Å². The molecule has 0 bridgehead atoms. The number of aliphatic hydroxyl groups is 1. The monoisotopic (exact) mass is 249 g/mol. The fourth-order valence-corrected chi connectivity index (χ4v) is 2.94. The SMILES string of the molecule is CC(O)(c1cccc(Cl)c1)C1(C#N)CCCC1. The molecule has 1 aliphatic carbocycles. The Balaban J connectivity index is 2.45. The first-order valence-corrected chi connectivity index (χ1v) is 6.29. The van der Waals surface area contributed by atoms with E-state index in [1.807, 2.05) is 12.1 Å². The van der Waals surface area contributed by atoms with Crippen LogP contribution in [0, 0.1) is 16.7 Å². The highest BCUT2D eigenvalue weighted by molar-refractivity contribution is 6.30. The molecule has 3 heteroatoms. The lowest BCUT2D eigenvalue weighted by molar-refractivity contribution is -0.0422. The Morgan fingerprint density at radius 2 is 2.06 bits per heavy atom. The van der Waals surface area contributed by atoms with Gasteiger partial charge >= 0.3 is 0 Å². The molecule has 2 nitrogen and oxygen atoms in total. The summed E-state index contributed by atoms with van der Waals surface area (Å²) in [4.78, 5) is 0. The number of halogens is 1. The van der Waals surface area contributed by atoms with E-state index in [0.29, 0.717) is 5.02 Å². The summed E-state index contributed by atoms with van der Waals surface area (Å²) in [5.41, 5.74) is -1.07. The van der Waals surface area contributed by atoms with Crippen molar-refractivity contribution < 1.29 is 5.11 Å². The highest BCUT2D eigenvalue weighted by Gasteiger charge is 2.50. The van der Waals surface area contributed by atoms with Gasteiger partial charge in [0.15, 0.2) is 0 Å². The molecule has 17 heavy (non-hydrogen) atoms. The maximum Gasteiger partial charge on any atom is 0.105 e. The number of nitriles is 1. The molecule has 1 aromatic rings. The Labute approximate surface area is 107 Å². The van der Waals surface area contributed by atoms with Crippen molar-refractivity contribution in [3.05, 3.63) is 34.9 Å². The fraction of sp³-hybridized carbons (Fsp3) is 0.500. The van der Waals surface area contributed by atoms with Crippen molar-refractivity contribution >= 4 is 11.6 Å². The number of rotatable bonds is 2. The van der Waals surface area contributed by atoms with Crippen molar-refractivity contribution in [3.8, 4) is 6.07 Å².